The Hall–Kier alpha value is -2.16. The minimum atomic E-state index is -0.237. The van der Waals surface area contributed by atoms with Gasteiger partial charge in [0.2, 0.25) is 5.91 Å². The largest absolute Gasteiger partial charge is 0.395 e. The molecule has 108 valence electrons. The predicted octanol–water partition coefficient (Wildman–Crippen LogP) is 2.62. The van der Waals surface area contributed by atoms with E-state index >= 15 is 0 Å². The second kappa shape index (κ2) is 7.58. The Bertz CT molecular complexity index is 656. The van der Waals surface area contributed by atoms with E-state index < -0.39 is 0 Å². The number of aliphatic hydroxyl groups excluding tert-OH is 1. The van der Waals surface area contributed by atoms with Gasteiger partial charge in [0, 0.05) is 6.42 Å². The lowest BCUT2D eigenvalue weighted by Crippen LogP contribution is -2.18. The Morgan fingerprint density at radius 3 is 2.90 bits per heavy atom. The average molecular weight is 300 g/mol. The number of hydrogen-bond acceptors (Lipinski definition) is 4. The third kappa shape index (κ3) is 4.42. The zero-order chi connectivity index (χ0) is 15.1. The number of rotatable bonds is 4. The second-order valence-corrected chi connectivity index (χ2v) is 5.46. The van der Waals surface area contributed by atoms with Crippen molar-refractivity contribution in [2.45, 2.75) is 19.3 Å². The number of carbonyl (C=O) groups is 1. The van der Waals surface area contributed by atoms with Crippen LogP contribution in [0.2, 0.25) is 0 Å². The Morgan fingerprint density at radius 2 is 2.19 bits per heavy atom. The first-order valence-electron chi connectivity index (χ1n) is 6.62. The fourth-order valence-corrected chi connectivity index (χ4v) is 2.40. The van der Waals surface area contributed by atoms with Crippen molar-refractivity contribution in [3.05, 3.63) is 47.0 Å². The average Bonchev–Trinajstić information content (AvgIpc) is 2.95. The molecule has 0 aliphatic carbocycles. The maximum absolute atomic E-state index is 12.2. The van der Waals surface area contributed by atoms with Crippen molar-refractivity contribution in [2.24, 2.45) is 0 Å². The molecule has 4 nitrogen and oxygen atoms in total. The molecule has 2 aromatic rings. The molecular formula is C16H16N2O2S. The molecule has 0 saturated carbocycles. The number of anilines is 1. The summed E-state index contributed by atoms with van der Waals surface area (Å²) >= 11 is 1.33. The van der Waals surface area contributed by atoms with Crippen molar-refractivity contribution in [1.29, 1.82) is 0 Å². The maximum atomic E-state index is 12.2. The topological polar surface area (TPSA) is 62.2 Å². The van der Waals surface area contributed by atoms with Gasteiger partial charge in [-0.15, -0.1) is 0 Å². The smallest absolute Gasteiger partial charge is 0.233 e. The molecule has 0 aliphatic rings. The molecule has 0 saturated heterocycles. The summed E-state index contributed by atoms with van der Waals surface area (Å²) in [4.78, 5) is 17.1. The Balaban J connectivity index is 1.99. The molecule has 0 spiro atoms. The van der Waals surface area contributed by atoms with E-state index in [9.17, 15) is 4.79 Å². The first kappa shape index (κ1) is 15.2. The molecule has 2 rings (SSSR count). The van der Waals surface area contributed by atoms with E-state index in [-0.39, 0.29) is 18.4 Å². The third-order valence-electron chi connectivity index (χ3n) is 2.88. The molecular weight excluding hydrogens is 284 g/mol. The molecule has 1 atom stereocenters. The van der Waals surface area contributed by atoms with Gasteiger partial charge in [0.15, 0.2) is 5.13 Å². The summed E-state index contributed by atoms with van der Waals surface area (Å²) in [6.07, 6.45) is 2.06. The van der Waals surface area contributed by atoms with Crippen LogP contribution in [0.1, 0.15) is 29.7 Å². The van der Waals surface area contributed by atoms with Gasteiger partial charge in [0.1, 0.15) is 0 Å². The molecule has 0 fully saturated rings. The predicted molar refractivity (Wildman–Crippen MR) is 84.2 cm³/mol. The SMILES string of the molecule is CC(C(=O)Nc1ncc(C#CCCO)s1)c1ccccc1. The highest BCUT2D eigenvalue weighted by atomic mass is 32.1. The summed E-state index contributed by atoms with van der Waals surface area (Å²) in [5.74, 6) is 5.39. The fourth-order valence-electron chi connectivity index (χ4n) is 1.70. The van der Waals surface area contributed by atoms with E-state index in [1.807, 2.05) is 37.3 Å². The van der Waals surface area contributed by atoms with Crippen LogP contribution in [-0.4, -0.2) is 22.6 Å². The summed E-state index contributed by atoms with van der Waals surface area (Å²) < 4.78 is 0. The molecule has 0 aliphatic heterocycles. The van der Waals surface area contributed by atoms with Crippen molar-refractivity contribution >= 4 is 22.4 Å². The molecule has 1 unspecified atom stereocenters. The van der Waals surface area contributed by atoms with Gasteiger partial charge in [0.05, 0.1) is 23.6 Å². The quantitative estimate of drug-likeness (QED) is 0.853. The number of aliphatic hydroxyl groups is 1. The molecule has 1 aromatic carbocycles. The normalized spacial score (nSPS) is 11.3. The van der Waals surface area contributed by atoms with Gasteiger partial charge in [-0.3, -0.25) is 4.79 Å². The van der Waals surface area contributed by atoms with E-state index in [0.717, 1.165) is 10.4 Å². The lowest BCUT2D eigenvalue weighted by molar-refractivity contribution is -0.117. The first-order valence-corrected chi connectivity index (χ1v) is 7.43. The van der Waals surface area contributed by atoms with E-state index in [0.29, 0.717) is 11.6 Å². The Morgan fingerprint density at radius 1 is 1.43 bits per heavy atom. The van der Waals surface area contributed by atoms with Crippen LogP contribution in [0.4, 0.5) is 5.13 Å². The van der Waals surface area contributed by atoms with Crippen LogP contribution in [0.5, 0.6) is 0 Å². The van der Waals surface area contributed by atoms with Crippen molar-refractivity contribution in [3.8, 4) is 11.8 Å². The van der Waals surface area contributed by atoms with Crippen molar-refractivity contribution in [2.75, 3.05) is 11.9 Å². The molecule has 0 radical (unpaired) electrons. The molecule has 21 heavy (non-hydrogen) atoms. The zero-order valence-corrected chi connectivity index (χ0v) is 12.5. The number of hydrogen-bond donors (Lipinski definition) is 2. The molecule has 0 bridgehead atoms. The second-order valence-electron chi connectivity index (χ2n) is 4.43. The minimum absolute atomic E-state index is 0.0456. The lowest BCUT2D eigenvalue weighted by atomic mass is 10.0. The van der Waals surface area contributed by atoms with Gasteiger partial charge in [-0.1, -0.05) is 53.5 Å². The lowest BCUT2D eigenvalue weighted by Gasteiger charge is -2.10. The number of nitrogens with one attached hydrogen (secondary N) is 1. The van der Waals surface area contributed by atoms with Crippen molar-refractivity contribution < 1.29 is 9.90 Å². The van der Waals surface area contributed by atoms with Gasteiger partial charge < -0.3 is 10.4 Å². The molecule has 1 heterocycles. The third-order valence-corrected chi connectivity index (χ3v) is 3.71. The van der Waals surface area contributed by atoms with Gasteiger partial charge in [-0.25, -0.2) is 4.98 Å². The number of aromatic nitrogens is 1. The highest BCUT2D eigenvalue weighted by Crippen LogP contribution is 2.21. The highest BCUT2D eigenvalue weighted by molar-refractivity contribution is 7.16. The van der Waals surface area contributed by atoms with Crippen LogP contribution in [0.25, 0.3) is 0 Å². The van der Waals surface area contributed by atoms with Crippen LogP contribution in [-0.2, 0) is 4.79 Å². The fraction of sp³-hybridized carbons (Fsp3) is 0.250. The molecule has 1 aromatic heterocycles. The summed E-state index contributed by atoms with van der Waals surface area (Å²) in [7, 11) is 0. The summed E-state index contributed by atoms with van der Waals surface area (Å²) in [5, 5.41) is 12.0. The monoisotopic (exact) mass is 300 g/mol. The highest BCUT2D eigenvalue weighted by Gasteiger charge is 2.16. The minimum Gasteiger partial charge on any atom is -0.395 e. The van der Waals surface area contributed by atoms with Crippen LogP contribution in [0, 0.1) is 11.8 Å². The van der Waals surface area contributed by atoms with Crippen LogP contribution >= 0.6 is 11.3 Å². The van der Waals surface area contributed by atoms with E-state index in [2.05, 4.69) is 22.1 Å². The van der Waals surface area contributed by atoms with E-state index in [1.165, 1.54) is 11.3 Å². The Kier molecular flexibility index (Phi) is 5.50. The van der Waals surface area contributed by atoms with Crippen molar-refractivity contribution in [1.82, 2.24) is 4.98 Å². The Labute approximate surface area is 127 Å². The summed E-state index contributed by atoms with van der Waals surface area (Å²) in [6.45, 7) is 1.91. The van der Waals surface area contributed by atoms with E-state index in [4.69, 9.17) is 5.11 Å². The van der Waals surface area contributed by atoms with Gasteiger partial charge in [-0.2, -0.15) is 0 Å². The van der Waals surface area contributed by atoms with Gasteiger partial charge >= 0.3 is 0 Å². The first-order chi connectivity index (χ1) is 10.2. The van der Waals surface area contributed by atoms with Crippen molar-refractivity contribution in [3.63, 3.8) is 0 Å². The maximum Gasteiger partial charge on any atom is 0.233 e. The zero-order valence-electron chi connectivity index (χ0n) is 11.7. The number of nitrogens with zero attached hydrogens (tertiary/aromatic N) is 1. The number of thiazole rings is 1. The molecule has 5 heteroatoms. The van der Waals surface area contributed by atoms with Gasteiger partial charge in [-0.05, 0) is 12.5 Å². The summed E-state index contributed by atoms with van der Waals surface area (Å²) in [6, 6.07) is 9.61. The number of benzene rings is 1. The van der Waals surface area contributed by atoms with Crippen LogP contribution in [0.3, 0.4) is 0 Å². The molecule has 2 N–H and O–H groups in total. The standard InChI is InChI=1S/C16H16N2O2S/c1-12(13-7-3-2-4-8-13)15(20)18-16-17-11-14(21-16)9-5-6-10-19/h2-4,7-8,11-12,19H,6,10H2,1H3,(H,17,18,20). The van der Waals surface area contributed by atoms with Crippen LogP contribution in [0.15, 0.2) is 36.5 Å². The van der Waals surface area contributed by atoms with Crippen LogP contribution < -0.4 is 5.32 Å². The van der Waals surface area contributed by atoms with Gasteiger partial charge in [0.25, 0.3) is 0 Å². The summed E-state index contributed by atoms with van der Waals surface area (Å²) in [5.41, 5.74) is 0.967. The molecule has 1 amide bonds. The number of carbonyl (C=O) groups excluding carboxylic acids is 1. The van der Waals surface area contributed by atoms with E-state index in [1.54, 1.807) is 6.20 Å². The number of amides is 1.